The Morgan fingerprint density at radius 3 is 1.86 bits per heavy atom. The molecule has 1 aromatic rings. The monoisotopic (exact) mass is 725 g/mol. The minimum atomic E-state index is -1.04. The second-order valence-corrected chi connectivity index (χ2v) is 14.6. The number of carbonyl (C=O) groups excluding carboxylic acids is 2. The molecule has 3 N–H and O–H groups in total. The van der Waals surface area contributed by atoms with Crippen molar-refractivity contribution in [2.75, 3.05) is 79.3 Å². The van der Waals surface area contributed by atoms with Gasteiger partial charge in [0.1, 0.15) is 18.4 Å². The SMILES string of the molecule is CNC(C(=O)NC(C(=O)N(C)C(/C=C(\C)C(=O)O)C(C)C)C(C)(C)C)C(C)(C)c1cccc(OCCOCCOCCOCCOCCS)c1. The van der Waals surface area contributed by atoms with Gasteiger partial charge in [0.15, 0.2) is 0 Å². The zero-order valence-electron chi connectivity index (χ0n) is 31.9. The Kier molecular flexibility index (Phi) is 20.9. The highest BCUT2D eigenvalue weighted by Crippen LogP contribution is 2.31. The van der Waals surface area contributed by atoms with Crippen LogP contribution in [0.5, 0.6) is 5.75 Å². The predicted octanol–water partition coefficient (Wildman–Crippen LogP) is 3.97. The van der Waals surface area contributed by atoms with Gasteiger partial charge in [0, 0.05) is 23.8 Å². The number of likely N-dealkylation sites (N-methyl/N-ethyl adjacent to an activating group) is 2. The van der Waals surface area contributed by atoms with E-state index in [1.54, 1.807) is 20.2 Å². The molecule has 0 aromatic heterocycles. The van der Waals surface area contributed by atoms with Crippen LogP contribution in [0.3, 0.4) is 0 Å². The molecule has 0 heterocycles. The molecule has 50 heavy (non-hydrogen) atoms. The lowest BCUT2D eigenvalue weighted by molar-refractivity contribution is -0.141. The summed E-state index contributed by atoms with van der Waals surface area (Å²) in [5.74, 6) is -0.382. The minimum Gasteiger partial charge on any atom is -0.491 e. The topological polar surface area (TPSA) is 145 Å². The molecule has 3 unspecified atom stereocenters. The van der Waals surface area contributed by atoms with Gasteiger partial charge in [-0.15, -0.1) is 0 Å². The fraction of sp³-hybridized carbons (Fsp3) is 0.703. The fourth-order valence-electron chi connectivity index (χ4n) is 5.32. The van der Waals surface area contributed by atoms with Crippen molar-refractivity contribution in [2.45, 2.75) is 78.9 Å². The van der Waals surface area contributed by atoms with Crippen molar-refractivity contribution in [3.8, 4) is 5.75 Å². The Bertz CT molecular complexity index is 1200. The molecule has 3 atom stereocenters. The van der Waals surface area contributed by atoms with Crippen LogP contribution >= 0.6 is 12.6 Å². The van der Waals surface area contributed by atoms with Crippen LogP contribution in [0.15, 0.2) is 35.9 Å². The molecule has 1 aromatic carbocycles. The zero-order chi connectivity index (χ0) is 37.9. The van der Waals surface area contributed by atoms with Crippen LogP contribution in [0, 0.1) is 11.3 Å². The molecule has 1 rings (SSSR count). The number of hydrogen-bond donors (Lipinski definition) is 4. The van der Waals surface area contributed by atoms with Gasteiger partial charge in [0.2, 0.25) is 11.8 Å². The Balaban J connectivity index is 2.82. The first-order chi connectivity index (χ1) is 23.5. The second kappa shape index (κ2) is 23.0. The first-order valence-electron chi connectivity index (χ1n) is 17.3. The van der Waals surface area contributed by atoms with Crippen molar-refractivity contribution in [1.29, 1.82) is 0 Å². The molecule has 0 aliphatic carbocycles. The number of thiol groups is 1. The van der Waals surface area contributed by atoms with Crippen molar-refractivity contribution in [3.63, 3.8) is 0 Å². The van der Waals surface area contributed by atoms with Crippen molar-refractivity contribution in [2.24, 2.45) is 11.3 Å². The zero-order valence-corrected chi connectivity index (χ0v) is 32.8. The van der Waals surface area contributed by atoms with E-state index in [0.29, 0.717) is 71.0 Å². The largest absolute Gasteiger partial charge is 0.491 e. The number of nitrogens with one attached hydrogen (secondary N) is 2. The summed E-state index contributed by atoms with van der Waals surface area (Å²) < 4.78 is 27.8. The van der Waals surface area contributed by atoms with E-state index in [1.807, 2.05) is 72.7 Å². The van der Waals surface area contributed by atoms with E-state index in [0.717, 1.165) is 5.56 Å². The van der Waals surface area contributed by atoms with Crippen molar-refractivity contribution >= 4 is 30.4 Å². The van der Waals surface area contributed by atoms with E-state index < -0.39 is 34.9 Å². The summed E-state index contributed by atoms with van der Waals surface area (Å²) in [6, 6.07) is 5.56. The van der Waals surface area contributed by atoms with E-state index in [4.69, 9.17) is 23.7 Å². The standard InChI is InChI=1S/C37H63N3O9S/c1-26(2)30(24-27(3)35(43)44)40(10)34(42)32(36(4,5)6)39-33(41)31(38-9)37(7,8)28-12-11-13-29(25-28)49-21-20-47-17-16-45-14-15-46-18-19-48-22-23-50/h11-13,24-26,30-32,38,50H,14-23H2,1-10H3,(H,39,41)(H,43,44)/b27-24+. The van der Waals surface area contributed by atoms with Crippen LogP contribution in [-0.4, -0.2) is 125 Å². The summed E-state index contributed by atoms with van der Waals surface area (Å²) >= 11 is 4.08. The Labute approximate surface area is 305 Å². The molecule has 286 valence electrons. The van der Waals surface area contributed by atoms with Gasteiger partial charge in [-0.2, -0.15) is 12.6 Å². The maximum Gasteiger partial charge on any atom is 0.331 e. The number of hydrogen-bond acceptors (Lipinski definition) is 10. The summed E-state index contributed by atoms with van der Waals surface area (Å²) in [5, 5.41) is 15.6. The first kappa shape index (κ1) is 45.3. The van der Waals surface area contributed by atoms with E-state index >= 15 is 0 Å². The molecular formula is C37H63N3O9S. The molecule has 0 bridgehead atoms. The van der Waals surface area contributed by atoms with E-state index in [-0.39, 0.29) is 23.3 Å². The van der Waals surface area contributed by atoms with Crippen LogP contribution in [0.2, 0.25) is 0 Å². The summed E-state index contributed by atoms with van der Waals surface area (Å²) in [4.78, 5) is 40.9. The average Bonchev–Trinajstić information content (AvgIpc) is 3.05. The molecule has 2 amide bonds. The number of aliphatic carboxylic acids is 1. The third kappa shape index (κ3) is 15.7. The van der Waals surface area contributed by atoms with Gasteiger partial charge in [-0.1, -0.05) is 66.7 Å². The number of benzene rings is 1. The molecule has 0 aliphatic heterocycles. The maximum absolute atomic E-state index is 13.9. The third-order valence-corrected chi connectivity index (χ3v) is 8.52. The van der Waals surface area contributed by atoms with E-state index in [9.17, 15) is 19.5 Å². The summed E-state index contributed by atoms with van der Waals surface area (Å²) in [6.45, 7) is 19.3. The summed E-state index contributed by atoms with van der Waals surface area (Å²) in [6.07, 6.45) is 1.59. The van der Waals surface area contributed by atoms with Crippen LogP contribution in [0.1, 0.15) is 61.0 Å². The highest BCUT2D eigenvalue weighted by molar-refractivity contribution is 7.80. The maximum atomic E-state index is 13.9. The van der Waals surface area contributed by atoms with E-state index in [1.165, 1.54) is 11.8 Å². The number of carboxylic acid groups (broad SMARTS) is 1. The van der Waals surface area contributed by atoms with Gasteiger partial charge in [-0.25, -0.2) is 4.79 Å². The highest BCUT2D eigenvalue weighted by Gasteiger charge is 2.41. The van der Waals surface area contributed by atoms with Crippen molar-refractivity contribution in [3.05, 3.63) is 41.5 Å². The van der Waals surface area contributed by atoms with Crippen molar-refractivity contribution < 1.29 is 43.2 Å². The Morgan fingerprint density at radius 1 is 0.880 bits per heavy atom. The van der Waals surface area contributed by atoms with Gasteiger partial charge < -0.3 is 44.3 Å². The van der Waals surface area contributed by atoms with E-state index in [2.05, 4.69) is 23.3 Å². The van der Waals surface area contributed by atoms with Gasteiger partial charge in [0.05, 0.1) is 64.9 Å². The third-order valence-electron chi connectivity index (χ3n) is 8.33. The molecule has 0 saturated carbocycles. The number of ether oxygens (including phenoxy) is 5. The lowest BCUT2D eigenvalue weighted by atomic mass is 9.76. The van der Waals surface area contributed by atoms with Crippen LogP contribution < -0.4 is 15.4 Å². The van der Waals surface area contributed by atoms with Gasteiger partial charge >= 0.3 is 5.97 Å². The van der Waals surface area contributed by atoms with Gasteiger partial charge in [-0.3, -0.25) is 9.59 Å². The van der Waals surface area contributed by atoms with Gasteiger partial charge in [0.25, 0.3) is 0 Å². The molecule has 12 nitrogen and oxygen atoms in total. The molecule has 0 spiro atoms. The number of carboxylic acids is 1. The van der Waals surface area contributed by atoms with Crippen LogP contribution in [-0.2, 0) is 38.7 Å². The molecular weight excluding hydrogens is 662 g/mol. The van der Waals surface area contributed by atoms with Crippen LogP contribution in [0.25, 0.3) is 0 Å². The van der Waals surface area contributed by atoms with Crippen molar-refractivity contribution in [1.82, 2.24) is 15.5 Å². The molecule has 0 radical (unpaired) electrons. The number of amides is 2. The average molecular weight is 726 g/mol. The number of nitrogens with zero attached hydrogens (tertiary/aromatic N) is 1. The fourth-order valence-corrected chi connectivity index (χ4v) is 5.45. The predicted molar refractivity (Wildman–Crippen MR) is 199 cm³/mol. The molecule has 13 heteroatoms. The summed E-state index contributed by atoms with van der Waals surface area (Å²) in [7, 11) is 3.37. The normalized spacial score (nSPS) is 14.3. The second-order valence-electron chi connectivity index (χ2n) is 14.1. The highest BCUT2D eigenvalue weighted by atomic mass is 32.1. The number of rotatable bonds is 25. The minimum absolute atomic E-state index is 0.0522. The smallest absolute Gasteiger partial charge is 0.331 e. The molecule has 0 aliphatic rings. The lowest BCUT2D eigenvalue weighted by Gasteiger charge is -2.40. The lowest BCUT2D eigenvalue weighted by Crippen LogP contribution is -2.61. The Hall–Kier alpha value is -2.68. The van der Waals surface area contributed by atoms with Crippen LogP contribution in [0.4, 0.5) is 0 Å². The Morgan fingerprint density at radius 2 is 1.40 bits per heavy atom. The van der Waals surface area contributed by atoms with Gasteiger partial charge in [-0.05, 0) is 43.0 Å². The summed E-state index contributed by atoms with van der Waals surface area (Å²) in [5.41, 5.74) is -0.303. The first-order valence-corrected chi connectivity index (χ1v) is 17.9. The quantitative estimate of drug-likeness (QED) is 0.0664. The number of carbonyl (C=O) groups is 3. The molecule has 0 saturated heterocycles. The molecule has 0 fully saturated rings.